The van der Waals surface area contributed by atoms with Crippen molar-refractivity contribution in [1.29, 1.82) is 0 Å². The van der Waals surface area contributed by atoms with Gasteiger partial charge in [0, 0.05) is 12.2 Å². The quantitative estimate of drug-likeness (QED) is 0.616. The summed E-state index contributed by atoms with van der Waals surface area (Å²) in [5.41, 5.74) is 0. The minimum atomic E-state index is -0.275. The van der Waals surface area contributed by atoms with E-state index < -0.39 is 0 Å². The third-order valence-electron chi connectivity index (χ3n) is 2.07. The number of esters is 1. The van der Waals surface area contributed by atoms with Crippen molar-refractivity contribution >= 4 is 34.4 Å². The SMILES string of the molecule is COC(=O)CN(c1ncncc1I)C(C)C. The molecule has 0 unspecified atom stereocenters. The molecular formula is C10H14IN3O2. The normalized spacial score (nSPS) is 10.3. The molecule has 0 fully saturated rings. The number of anilines is 1. The van der Waals surface area contributed by atoms with Crippen LogP contribution in [0.5, 0.6) is 0 Å². The lowest BCUT2D eigenvalue weighted by atomic mass is 10.3. The summed E-state index contributed by atoms with van der Waals surface area (Å²) < 4.78 is 5.58. The lowest BCUT2D eigenvalue weighted by molar-refractivity contribution is -0.139. The van der Waals surface area contributed by atoms with E-state index in [1.807, 2.05) is 18.7 Å². The molecule has 5 nitrogen and oxygen atoms in total. The summed E-state index contributed by atoms with van der Waals surface area (Å²) in [5, 5.41) is 0. The topological polar surface area (TPSA) is 55.3 Å². The molecule has 0 bridgehead atoms. The van der Waals surface area contributed by atoms with Gasteiger partial charge in [-0.1, -0.05) is 0 Å². The molecular weight excluding hydrogens is 321 g/mol. The summed E-state index contributed by atoms with van der Waals surface area (Å²) in [6, 6.07) is 0.169. The van der Waals surface area contributed by atoms with Crippen molar-refractivity contribution in [2.75, 3.05) is 18.6 Å². The van der Waals surface area contributed by atoms with Gasteiger partial charge in [-0.3, -0.25) is 4.79 Å². The maximum absolute atomic E-state index is 11.3. The minimum absolute atomic E-state index is 0.169. The fraction of sp³-hybridized carbons (Fsp3) is 0.500. The van der Waals surface area contributed by atoms with Crippen LogP contribution in [-0.4, -0.2) is 35.6 Å². The zero-order valence-electron chi connectivity index (χ0n) is 9.48. The number of hydrogen-bond acceptors (Lipinski definition) is 5. The monoisotopic (exact) mass is 335 g/mol. The molecule has 0 aromatic carbocycles. The lowest BCUT2D eigenvalue weighted by Crippen LogP contribution is -2.37. The van der Waals surface area contributed by atoms with Crippen molar-refractivity contribution in [2.24, 2.45) is 0 Å². The van der Waals surface area contributed by atoms with Gasteiger partial charge in [0.2, 0.25) is 0 Å². The Morgan fingerprint density at radius 2 is 2.31 bits per heavy atom. The van der Waals surface area contributed by atoms with Crippen molar-refractivity contribution in [2.45, 2.75) is 19.9 Å². The minimum Gasteiger partial charge on any atom is -0.468 e. The molecule has 0 saturated carbocycles. The van der Waals surface area contributed by atoms with Crippen molar-refractivity contribution in [3.63, 3.8) is 0 Å². The molecule has 0 aliphatic heterocycles. The first-order valence-corrected chi connectivity index (χ1v) is 5.93. The molecule has 1 heterocycles. The lowest BCUT2D eigenvalue weighted by Gasteiger charge is -2.27. The van der Waals surface area contributed by atoms with Crippen LogP contribution in [0.2, 0.25) is 0 Å². The van der Waals surface area contributed by atoms with E-state index in [2.05, 4.69) is 37.3 Å². The van der Waals surface area contributed by atoms with E-state index in [-0.39, 0.29) is 18.6 Å². The predicted molar refractivity (Wildman–Crippen MR) is 69.2 cm³/mol. The van der Waals surface area contributed by atoms with Crippen molar-refractivity contribution in [1.82, 2.24) is 9.97 Å². The Hall–Kier alpha value is -0.920. The molecule has 1 aromatic heterocycles. The Balaban J connectivity index is 2.94. The van der Waals surface area contributed by atoms with E-state index in [4.69, 9.17) is 0 Å². The molecule has 0 atom stereocenters. The van der Waals surface area contributed by atoms with Crippen LogP contribution in [0.4, 0.5) is 5.82 Å². The van der Waals surface area contributed by atoms with Crippen molar-refractivity contribution in [3.8, 4) is 0 Å². The van der Waals surface area contributed by atoms with Crippen LogP contribution in [0.15, 0.2) is 12.5 Å². The molecule has 1 rings (SSSR count). The summed E-state index contributed by atoms with van der Waals surface area (Å²) in [6.07, 6.45) is 3.19. The summed E-state index contributed by atoms with van der Waals surface area (Å²) in [6.45, 7) is 4.20. The zero-order valence-corrected chi connectivity index (χ0v) is 11.6. The van der Waals surface area contributed by atoms with Crippen LogP contribution in [-0.2, 0) is 9.53 Å². The van der Waals surface area contributed by atoms with E-state index in [1.54, 1.807) is 6.20 Å². The molecule has 0 aliphatic rings. The molecule has 0 N–H and O–H groups in total. The fourth-order valence-corrected chi connectivity index (χ4v) is 1.83. The van der Waals surface area contributed by atoms with Crippen molar-refractivity contribution in [3.05, 3.63) is 16.1 Å². The molecule has 0 amide bonds. The highest BCUT2D eigenvalue weighted by Gasteiger charge is 2.18. The highest BCUT2D eigenvalue weighted by molar-refractivity contribution is 14.1. The highest BCUT2D eigenvalue weighted by atomic mass is 127. The number of carbonyl (C=O) groups excluding carboxylic acids is 1. The smallest absolute Gasteiger partial charge is 0.325 e. The fourth-order valence-electron chi connectivity index (χ4n) is 1.22. The predicted octanol–water partition coefficient (Wildman–Crippen LogP) is 1.47. The molecule has 0 spiro atoms. The van der Waals surface area contributed by atoms with E-state index >= 15 is 0 Å². The number of nitrogens with zero attached hydrogens (tertiary/aromatic N) is 3. The molecule has 0 aliphatic carbocycles. The molecule has 16 heavy (non-hydrogen) atoms. The van der Waals surface area contributed by atoms with E-state index in [0.29, 0.717) is 0 Å². The van der Waals surface area contributed by atoms with Crippen LogP contribution in [0, 0.1) is 3.57 Å². The summed E-state index contributed by atoms with van der Waals surface area (Å²) >= 11 is 2.15. The average Bonchev–Trinajstić information content (AvgIpc) is 2.26. The van der Waals surface area contributed by atoms with Gasteiger partial charge in [0.05, 0.1) is 10.7 Å². The second kappa shape index (κ2) is 5.97. The first kappa shape index (κ1) is 13.1. The highest BCUT2D eigenvalue weighted by Crippen LogP contribution is 2.20. The molecule has 6 heteroatoms. The van der Waals surface area contributed by atoms with Gasteiger partial charge in [0.15, 0.2) is 0 Å². The number of rotatable bonds is 4. The molecule has 1 aromatic rings. The molecule has 0 radical (unpaired) electrons. The second-order valence-electron chi connectivity index (χ2n) is 3.49. The van der Waals surface area contributed by atoms with Crippen LogP contribution in [0.3, 0.4) is 0 Å². The summed E-state index contributed by atoms with van der Waals surface area (Å²) in [7, 11) is 1.38. The number of aromatic nitrogens is 2. The van der Waals surface area contributed by atoms with Gasteiger partial charge in [-0.25, -0.2) is 9.97 Å². The van der Waals surface area contributed by atoms with Gasteiger partial charge in [-0.15, -0.1) is 0 Å². The maximum atomic E-state index is 11.3. The number of ether oxygens (including phenoxy) is 1. The van der Waals surface area contributed by atoms with Gasteiger partial charge in [-0.2, -0.15) is 0 Å². The Kier molecular flexibility index (Phi) is 4.91. The maximum Gasteiger partial charge on any atom is 0.325 e. The molecule has 0 saturated heterocycles. The largest absolute Gasteiger partial charge is 0.468 e. The van der Waals surface area contributed by atoms with Crippen molar-refractivity contribution < 1.29 is 9.53 Å². The Bertz CT molecular complexity index is 371. The Morgan fingerprint density at radius 3 is 2.81 bits per heavy atom. The van der Waals surface area contributed by atoms with Crippen LogP contribution < -0.4 is 4.90 Å². The van der Waals surface area contributed by atoms with Crippen LogP contribution in [0.25, 0.3) is 0 Å². The second-order valence-corrected chi connectivity index (χ2v) is 4.65. The number of carbonyl (C=O) groups is 1. The number of halogens is 1. The van der Waals surface area contributed by atoms with E-state index in [9.17, 15) is 4.79 Å². The Labute approximate surface area is 108 Å². The first-order chi connectivity index (χ1) is 7.56. The Morgan fingerprint density at radius 1 is 1.62 bits per heavy atom. The molecule has 88 valence electrons. The van der Waals surface area contributed by atoms with E-state index in [1.165, 1.54) is 13.4 Å². The average molecular weight is 335 g/mol. The van der Waals surface area contributed by atoms with Gasteiger partial charge >= 0.3 is 5.97 Å². The van der Waals surface area contributed by atoms with Gasteiger partial charge in [0.25, 0.3) is 0 Å². The van der Waals surface area contributed by atoms with Gasteiger partial charge < -0.3 is 9.64 Å². The number of hydrogen-bond donors (Lipinski definition) is 0. The summed E-state index contributed by atoms with van der Waals surface area (Å²) in [4.78, 5) is 21.3. The van der Waals surface area contributed by atoms with Crippen LogP contribution >= 0.6 is 22.6 Å². The standard InChI is InChI=1S/C10H14IN3O2/c1-7(2)14(5-9(15)16-3)10-8(11)4-12-6-13-10/h4,6-7H,5H2,1-3H3. The van der Waals surface area contributed by atoms with Gasteiger partial charge in [-0.05, 0) is 36.4 Å². The summed E-state index contributed by atoms with van der Waals surface area (Å²) in [5.74, 6) is 0.485. The third-order valence-corrected chi connectivity index (χ3v) is 2.83. The first-order valence-electron chi connectivity index (χ1n) is 4.85. The number of methoxy groups -OCH3 is 1. The zero-order chi connectivity index (χ0) is 12.1. The van der Waals surface area contributed by atoms with Gasteiger partial charge in [0.1, 0.15) is 18.7 Å². The van der Waals surface area contributed by atoms with E-state index in [0.717, 1.165) is 9.39 Å². The van der Waals surface area contributed by atoms with Crippen LogP contribution in [0.1, 0.15) is 13.8 Å². The third kappa shape index (κ3) is 3.29.